The van der Waals surface area contributed by atoms with Crippen molar-refractivity contribution in [2.75, 3.05) is 13.1 Å². The van der Waals surface area contributed by atoms with Crippen molar-refractivity contribution in [3.63, 3.8) is 0 Å². The fourth-order valence-corrected chi connectivity index (χ4v) is 3.87. The number of aryl methyl sites for hydroxylation is 2. The van der Waals surface area contributed by atoms with Crippen molar-refractivity contribution in [2.45, 2.75) is 33.5 Å². The molecular weight excluding hydrogens is 461 g/mol. The number of imidazole rings is 2. The van der Waals surface area contributed by atoms with Gasteiger partial charge in [0.1, 0.15) is 25.5 Å². The van der Waals surface area contributed by atoms with Crippen LogP contribution in [-0.4, -0.2) is 46.9 Å². The van der Waals surface area contributed by atoms with Crippen LogP contribution in [0.5, 0.6) is 0 Å². The topological polar surface area (TPSA) is 125 Å². The first-order chi connectivity index (χ1) is 15.2. The molecule has 0 saturated carbocycles. The van der Waals surface area contributed by atoms with E-state index in [1.807, 2.05) is 11.0 Å². The Morgan fingerprint density at radius 1 is 0.938 bits per heavy atom. The molecule has 13 heteroatoms. The molecule has 0 fully saturated rings. The third-order valence-corrected chi connectivity index (χ3v) is 5.72. The van der Waals surface area contributed by atoms with E-state index in [2.05, 4.69) is 9.97 Å². The van der Waals surface area contributed by atoms with E-state index in [4.69, 9.17) is 23.2 Å². The van der Waals surface area contributed by atoms with Crippen LogP contribution in [0, 0.1) is 34.1 Å². The molecule has 170 valence electrons. The third-order valence-electron chi connectivity index (χ3n) is 5.13. The van der Waals surface area contributed by atoms with E-state index in [1.165, 1.54) is 21.5 Å². The van der Waals surface area contributed by atoms with E-state index in [0.717, 1.165) is 5.56 Å². The first-order valence-electron chi connectivity index (χ1n) is 9.66. The Morgan fingerprint density at radius 2 is 1.44 bits per heavy atom. The number of nitrogens with zero attached hydrogens (tertiary/aromatic N) is 7. The van der Waals surface area contributed by atoms with Gasteiger partial charge in [0.25, 0.3) is 0 Å². The van der Waals surface area contributed by atoms with Gasteiger partial charge in [-0.25, -0.2) is 19.1 Å². The van der Waals surface area contributed by atoms with E-state index in [0.29, 0.717) is 54.4 Å². The number of hydrogen-bond donors (Lipinski definition) is 0. The molecule has 0 atom stereocenters. The second-order valence-corrected chi connectivity index (χ2v) is 8.00. The van der Waals surface area contributed by atoms with Crippen molar-refractivity contribution in [1.82, 2.24) is 24.0 Å². The highest BCUT2D eigenvalue weighted by molar-refractivity contribution is 6.35. The van der Waals surface area contributed by atoms with Crippen LogP contribution in [-0.2, 0) is 19.6 Å². The molecule has 1 aromatic carbocycles. The Labute approximate surface area is 193 Å². The summed E-state index contributed by atoms with van der Waals surface area (Å²) in [6.07, 6.45) is 2.46. The number of nitro groups is 2. The summed E-state index contributed by atoms with van der Waals surface area (Å²) in [7, 11) is 0. The molecule has 0 radical (unpaired) electrons. The Bertz CT molecular complexity index is 1080. The van der Waals surface area contributed by atoms with Crippen LogP contribution in [0.1, 0.15) is 17.2 Å². The molecular formula is C19H21Cl2N7O4. The number of halogens is 2. The van der Waals surface area contributed by atoms with E-state index in [1.54, 1.807) is 26.0 Å². The zero-order valence-electron chi connectivity index (χ0n) is 17.4. The van der Waals surface area contributed by atoms with Crippen LogP contribution in [0.25, 0.3) is 0 Å². The van der Waals surface area contributed by atoms with Crippen molar-refractivity contribution in [2.24, 2.45) is 0 Å². The van der Waals surface area contributed by atoms with Gasteiger partial charge < -0.3 is 20.2 Å². The van der Waals surface area contributed by atoms with Crippen LogP contribution in [0.15, 0.2) is 30.6 Å². The maximum Gasteiger partial charge on any atom is 0.342 e. The van der Waals surface area contributed by atoms with E-state index < -0.39 is 9.85 Å². The summed E-state index contributed by atoms with van der Waals surface area (Å²) in [5.74, 6) is 0.880. The third kappa shape index (κ3) is 5.42. The molecule has 3 rings (SSSR count). The molecule has 32 heavy (non-hydrogen) atoms. The summed E-state index contributed by atoms with van der Waals surface area (Å²) >= 11 is 12.3. The number of aromatic nitrogens is 4. The quantitative estimate of drug-likeness (QED) is 0.316. The molecule has 0 unspecified atom stereocenters. The van der Waals surface area contributed by atoms with Gasteiger partial charge in [0.05, 0.1) is 0 Å². The predicted octanol–water partition coefficient (Wildman–Crippen LogP) is 4.02. The van der Waals surface area contributed by atoms with Gasteiger partial charge in [0.2, 0.25) is 0 Å². The van der Waals surface area contributed by atoms with Gasteiger partial charge in [0, 0.05) is 43.5 Å². The normalized spacial score (nSPS) is 11.3. The molecule has 0 amide bonds. The average Bonchev–Trinajstić information content (AvgIpc) is 3.28. The van der Waals surface area contributed by atoms with Gasteiger partial charge >= 0.3 is 11.6 Å². The summed E-state index contributed by atoms with van der Waals surface area (Å²) < 4.78 is 3.06. The maximum absolute atomic E-state index is 11.3. The molecule has 0 saturated heterocycles. The molecule has 0 N–H and O–H groups in total. The van der Waals surface area contributed by atoms with Gasteiger partial charge in [-0.2, -0.15) is 0 Å². The zero-order chi connectivity index (χ0) is 23.4. The molecule has 2 heterocycles. The van der Waals surface area contributed by atoms with Crippen molar-refractivity contribution in [1.29, 1.82) is 0 Å². The highest BCUT2D eigenvalue weighted by Crippen LogP contribution is 2.23. The number of hydrogen-bond acceptors (Lipinski definition) is 7. The summed E-state index contributed by atoms with van der Waals surface area (Å²) in [6, 6.07) is 5.19. The fraction of sp³-hybridized carbons (Fsp3) is 0.368. The van der Waals surface area contributed by atoms with E-state index in [9.17, 15) is 20.2 Å². The minimum Gasteiger partial charge on any atom is -0.358 e. The fourth-order valence-electron chi connectivity index (χ4n) is 3.40. The average molecular weight is 482 g/mol. The van der Waals surface area contributed by atoms with Crippen LogP contribution >= 0.6 is 23.2 Å². The monoisotopic (exact) mass is 481 g/mol. The molecule has 0 aliphatic carbocycles. The lowest BCUT2D eigenvalue weighted by Crippen LogP contribution is -2.31. The maximum atomic E-state index is 11.3. The number of benzene rings is 1. The van der Waals surface area contributed by atoms with Crippen LogP contribution in [0.2, 0.25) is 10.0 Å². The van der Waals surface area contributed by atoms with E-state index >= 15 is 0 Å². The van der Waals surface area contributed by atoms with Gasteiger partial charge in [-0.1, -0.05) is 29.3 Å². The Hall–Kier alpha value is -3.02. The van der Waals surface area contributed by atoms with Crippen LogP contribution < -0.4 is 0 Å². The van der Waals surface area contributed by atoms with Crippen LogP contribution in [0.4, 0.5) is 11.6 Å². The van der Waals surface area contributed by atoms with Crippen molar-refractivity contribution >= 4 is 34.8 Å². The predicted molar refractivity (Wildman–Crippen MR) is 119 cm³/mol. The van der Waals surface area contributed by atoms with Crippen molar-refractivity contribution < 1.29 is 9.85 Å². The van der Waals surface area contributed by atoms with Gasteiger partial charge in [-0.15, -0.1) is 0 Å². The SMILES string of the molecule is Cc1ncc([N+](=O)[O-])n1CCN(CCn1c([N+](=O)[O-])cnc1C)Cc1ccc(Cl)cc1Cl. The first-order valence-corrected chi connectivity index (χ1v) is 10.4. The zero-order valence-corrected chi connectivity index (χ0v) is 19.0. The summed E-state index contributed by atoms with van der Waals surface area (Å²) in [5.41, 5.74) is 0.824. The molecule has 0 aliphatic heterocycles. The van der Waals surface area contributed by atoms with Crippen molar-refractivity contribution in [3.05, 3.63) is 78.1 Å². The smallest absolute Gasteiger partial charge is 0.342 e. The van der Waals surface area contributed by atoms with E-state index in [-0.39, 0.29) is 11.6 Å². The lowest BCUT2D eigenvalue weighted by atomic mass is 10.2. The molecule has 0 spiro atoms. The Morgan fingerprint density at radius 3 is 1.88 bits per heavy atom. The largest absolute Gasteiger partial charge is 0.358 e. The minimum atomic E-state index is -0.474. The molecule has 2 aromatic heterocycles. The Balaban J connectivity index is 1.81. The molecule has 0 aliphatic rings. The standard InChI is InChI=1S/C19H21Cl2N7O4/c1-13-22-10-18(27(29)30)25(13)7-5-24(12-15-3-4-16(20)9-17(15)21)6-8-26-14(2)23-11-19(26)28(31)32/h3-4,9-11H,5-8,12H2,1-2H3. The lowest BCUT2D eigenvalue weighted by molar-refractivity contribution is -0.392. The lowest BCUT2D eigenvalue weighted by Gasteiger charge is -2.22. The highest BCUT2D eigenvalue weighted by atomic mass is 35.5. The summed E-state index contributed by atoms with van der Waals surface area (Å²) in [6.45, 7) is 5.32. The second-order valence-electron chi connectivity index (χ2n) is 7.16. The van der Waals surface area contributed by atoms with Gasteiger partial charge in [0.15, 0.2) is 11.6 Å². The summed E-state index contributed by atoms with van der Waals surface area (Å²) in [4.78, 5) is 31.7. The highest BCUT2D eigenvalue weighted by Gasteiger charge is 2.21. The van der Waals surface area contributed by atoms with Crippen LogP contribution in [0.3, 0.4) is 0 Å². The molecule has 3 aromatic rings. The second kappa shape index (κ2) is 10.1. The molecule has 0 bridgehead atoms. The van der Waals surface area contributed by atoms with Gasteiger partial charge in [-0.3, -0.25) is 4.90 Å². The molecule has 11 nitrogen and oxygen atoms in total. The Kier molecular flexibility index (Phi) is 7.44. The summed E-state index contributed by atoms with van der Waals surface area (Å²) in [5, 5.41) is 23.6. The minimum absolute atomic E-state index is 0.0898. The van der Waals surface area contributed by atoms with Gasteiger partial charge in [-0.05, 0) is 27.5 Å². The number of rotatable bonds is 10. The first kappa shape index (κ1) is 23.6. The van der Waals surface area contributed by atoms with Crippen molar-refractivity contribution in [3.8, 4) is 0 Å².